The topological polar surface area (TPSA) is 115 Å². The minimum absolute atomic E-state index is 0.0114. The lowest BCUT2D eigenvalue weighted by Crippen LogP contribution is -2.24. The monoisotopic (exact) mass is 453 g/mol. The molecule has 0 atom stereocenters. The molecule has 3 rings (SSSR count). The van der Waals surface area contributed by atoms with Crippen LogP contribution in [0.2, 0.25) is 0 Å². The minimum Gasteiger partial charge on any atom is -0.451 e. The van der Waals surface area contributed by atoms with Crippen molar-refractivity contribution in [1.29, 1.82) is 0 Å². The molecule has 0 aliphatic carbocycles. The van der Waals surface area contributed by atoms with Gasteiger partial charge in [-0.25, -0.2) is 18.4 Å². The summed E-state index contributed by atoms with van der Waals surface area (Å²) < 4.78 is 68.1. The lowest BCUT2D eigenvalue weighted by Gasteiger charge is -2.25. The van der Waals surface area contributed by atoms with Crippen LogP contribution in [0.4, 0.5) is 30.6 Å². The molecule has 8 nitrogen and oxygen atoms in total. The van der Waals surface area contributed by atoms with E-state index in [-0.39, 0.29) is 18.1 Å². The van der Waals surface area contributed by atoms with Gasteiger partial charge in [-0.15, -0.1) is 0 Å². The van der Waals surface area contributed by atoms with Gasteiger partial charge in [-0.05, 0) is 43.7 Å². The molecule has 2 aromatic heterocycles. The van der Waals surface area contributed by atoms with Gasteiger partial charge in [-0.3, -0.25) is 0 Å². The lowest BCUT2D eigenvalue weighted by atomic mass is 10.1. The third-order valence-electron chi connectivity index (χ3n) is 4.09. The van der Waals surface area contributed by atoms with Crippen LogP contribution in [0.5, 0.6) is 0 Å². The van der Waals surface area contributed by atoms with E-state index < -0.39 is 20.2 Å². The van der Waals surface area contributed by atoms with E-state index in [1.54, 1.807) is 30.9 Å². The maximum atomic E-state index is 13.1. The number of hydrogen-bond acceptors (Lipinski definition) is 8. The summed E-state index contributed by atoms with van der Waals surface area (Å²) in [6.45, 7) is 3.60. The molecule has 3 aromatic rings. The summed E-state index contributed by atoms with van der Waals surface area (Å²) in [4.78, 5) is 12.8. The molecular formula is C19H18F3N5O3S. The fraction of sp³-hybridized carbons (Fsp3) is 0.211. The molecule has 12 heteroatoms. The second kappa shape index (κ2) is 8.38. The number of aromatic nitrogens is 3. The van der Waals surface area contributed by atoms with Gasteiger partial charge in [0.1, 0.15) is 12.1 Å². The van der Waals surface area contributed by atoms with Crippen LogP contribution in [0.3, 0.4) is 0 Å². The van der Waals surface area contributed by atoms with Crippen LogP contribution >= 0.6 is 0 Å². The molecule has 0 aliphatic rings. The summed E-state index contributed by atoms with van der Waals surface area (Å²) in [6.07, 6.45) is 5.64. The quantitative estimate of drug-likeness (QED) is 0.593. The molecule has 2 heterocycles. The Labute approximate surface area is 176 Å². The number of anilines is 3. The summed E-state index contributed by atoms with van der Waals surface area (Å²) in [6, 6.07) is 4.72. The predicted molar refractivity (Wildman–Crippen MR) is 108 cm³/mol. The highest BCUT2D eigenvalue weighted by Gasteiger charge is 2.47. The number of alkyl halides is 3. The van der Waals surface area contributed by atoms with E-state index in [0.717, 1.165) is 17.7 Å². The van der Waals surface area contributed by atoms with Crippen LogP contribution < -0.4 is 10.6 Å². The van der Waals surface area contributed by atoms with Crippen LogP contribution in [0.1, 0.15) is 25.1 Å². The normalized spacial score (nSPS) is 11.9. The van der Waals surface area contributed by atoms with Crippen LogP contribution in [0.15, 0.2) is 58.0 Å². The van der Waals surface area contributed by atoms with Crippen molar-refractivity contribution in [1.82, 2.24) is 15.0 Å². The first-order valence-electron chi connectivity index (χ1n) is 8.82. The average molecular weight is 453 g/mol. The fourth-order valence-corrected chi connectivity index (χ4v) is 3.58. The first kappa shape index (κ1) is 22.3. The summed E-state index contributed by atoms with van der Waals surface area (Å²) in [7, 11) is -5.52. The number of nitrogens with two attached hydrogens (primary N) is 1. The first-order chi connectivity index (χ1) is 14.5. The Bertz CT molecular complexity index is 1200. The number of hydrogen-bond donors (Lipinski definition) is 1. The molecule has 31 heavy (non-hydrogen) atoms. The standard InChI is InChI=1S/C19H18F3N5O3S/c1-12(2)7-13-8-15(31(28,29)19(20,21)22)3-4-16(13)27(9-14-10-30-11-25-14)17-5-6-24-18(23)26-17/h3-8,10-11H,9H2,1-2H3,(H2,23,24,26). The molecule has 0 amide bonds. The zero-order chi connectivity index (χ0) is 22.8. The zero-order valence-electron chi connectivity index (χ0n) is 16.5. The average Bonchev–Trinajstić information content (AvgIpc) is 3.18. The highest BCUT2D eigenvalue weighted by molar-refractivity contribution is 7.92. The number of allylic oxidation sites excluding steroid dienone is 1. The van der Waals surface area contributed by atoms with Crippen molar-refractivity contribution in [3.8, 4) is 0 Å². The molecule has 0 spiro atoms. The highest BCUT2D eigenvalue weighted by Crippen LogP contribution is 2.36. The van der Waals surface area contributed by atoms with Crippen molar-refractivity contribution in [3.05, 3.63) is 59.9 Å². The Hall–Kier alpha value is -3.41. The van der Waals surface area contributed by atoms with Gasteiger partial charge in [0.2, 0.25) is 5.95 Å². The second-order valence-electron chi connectivity index (χ2n) is 6.73. The smallest absolute Gasteiger partial charge is 0.451 e. The van der Waals surface area contributed by atoms with E-state index in [1.807, 2.05) is 0 Å². The number of nitrogens with zero attached hydrogens (tertiary/aromatic N) is 4. The number of rotatable bonds is 6. The maximum Gasteiger partial charge on any atom is 0.501 e. The third kappa shape index (κ3) is 4.85. The summed E-state index contributed by atoms with van der Waals surface area (Å²) in [5.41, 5.74) is 2.16. The molecule has 0 aliphatic heterocycles. The van der Waals surface area contributed by atoms with Crippen molar-refractivity contribution in [2.75, 3.05) is 10.6 Å². The summed E-state index contributed by atoms with van der Waals surface area (Å²) in [5, 5.41) is 0. The van der Waals surface area contributed by atoms with Crippen molar-refractivity contribution < 1.29 is 26.0 Å². The number of sulfone groups is 1. The maximum absolute atomic E-state index is 13.1. The Kier molecular flexibility index (Phi) is 6.02. The van der Waals surface area contributed by atoms with Crippen LogP contribution in [0, 0.1) is 0 Å². The minimum atomic E-state index is -5.52. The van der Waals surface area contributed by atoms with E-state index in [9.17, 15) is 21.6 Å². The third-order valence-corrected chi connectivity index (χ3v) is 5.57. The molecule has 2 N–H and O–H groups in total. The number of benzene rings is 1. The fourth-order valence-electron chi connectivity index (χ4n) is 2.79. The molecule has 0 unspecified atom stereocenters. The predicted octanol–water partition coefficient (Wildman–Crippen LogP) is 4.10. The molecule has 0 radical (unpaired) electrons. The Balaban J connectivity index is 2.21. The van der Waals surface area contributed by atoms with Gasteiger partial charge in [0.25, 0.3) is 9.84 Å². The van der Waals surface area contributed by atoms with Gasteiger partial charge < -0.3 is 15.1 Å². The van der Waals surface area contributed by atoms with E-state index in [1.165, 1.54) is 24.9 Å². The van der Waals surface area contributed by atoms with Crippen molar-refractivity contribution >= 4 is 33.4 Å². The number of nitrogen functional groups attached to an aromatic ring is 1. The Morgan fingerprint density at radius 1 is 1.23 bits per heavy atom. The van der Waals surface area contributed by atoms with Crippen LogP contribution in [0.25, 0.3) is 6.08 Å². The van der Waals surface area contributed by atoms with Crippen LogP contribution in [-0.2, 0) is 16.4 Å². The molecular weight excluding hydrogens is 435 g/mol. The SMILES string of the molecule is CC(C)=Cc1cc(S(=O)(=O)C(F)(F)F)ccc1N(Cc1cocn1)c1ccnc(N)n1. The largest absolute Gasteiger partial charge is 0.501 e. The molecule has 0 bridgehead atoms. The van der Waals surface area contributed by atoms with Crippen molar-refractivity contribution in [3.63, 3.8) is 0 Å². The van der Waals surface area contributed by atoms with Gasteiger partial charge in [-0.1, -0.05) is 11.6 Å². The molecule has 1 aromatic carbocycles. The van der Waals surface area contributed by atoms with E-state index in [4.69, 9.17) is 10.2 Å². The van der Waals surface area contributed by atoms with Gasteiger partial charge in [0, 0.05) is 6.20 Å². The van der Waals surface area contributed by atoms with Gasteiger partial charge in [0.05, 0.1) is 22.8 Å². The molecule has 164 valence electrons. The molecule has 0 saturated heterocycles. The Morgan fingerprint density at radius 3 is 2.55 bits per heavy atom. The van der Waals surface area contributed by atoms with Crippen molar-refractivity contribution in [2.24, 2.45) is 0 Å². The summed E-state index contributed by atoms with van der Waals surface area (Å²) >= 11 is 0. The second-order valence-corrected chi connectivity index (χ2v) is 8.67. The van der Waals surface area contributed by atoms with Gasteiger partial charge in [0.15, 0.2) is 6.39 Å². The van der Waals surface area contributed by atoms with E-state index >= 15 is 0 Å². The highest BCUT2D eigenvalue weighted by atomic mass is 32.2. The van der Waals surface area contributed by atoms with Gasteiger partial charge in [-0.2, -0.15) is 18.2 Å². The van der Waals surface area contributed by atoms with E-state index in [0.29, 0.717) is 17.2 Å². The number of halogens is 3. The zero-order valence-corrected chi connectivity index (χ0v) is 17.3. The molecule has 0 saturated carbocycles. The first-order valence-corrected chi connectivity index (χ1v) is 10.3. The summed E-state index contributed by atoms with van der Waals surface area (Å²) in [5.74, 6) is 0.327. The van der Waals surface area contributed by atoms with E-state index in [2.05, 4.69) is 15.0 Å². The van der Waals surface area contributed by atoms with Gasteiger partial charge >= 0.3 is 5.51 Å². The lowest BCUT2D eigenvalue weighted by molar-refractivity contribution is -0.0436. The molecule has 0 fully saturated rings. The van der Waals surface area contributed by atoms with Crippen molar-refractivity contribution in [2.45, 2.75) is 30.8 Å². The Morgan fingerprint density at radius 2 is 1.97 bits per heavy atom. The number of oxazole rings is 1. The van der Waals surface area contributed by atoms with Crippen LogP contribution in [-0.4, -0.2) is 28.9 Å².